The van der Waals surface area contributed by atoms with Crippen LogP contribution in [-0.4, -0.2) is 43.3 Å². The maximum Gasteiger partial charge on any atom is 0.573 e. The third-order valence-corrected chi connectivity index (χ3v) is 3.23. The van der Waals surface area contributed by atoms with Gasteiger partial charge >= 0.3 is 6.36 Å². The van der Waals surface area contributed by atoms with E-state index in [0.29, 0.717) is 12.3 Å². The second kappa shape index (κ2) is 6.80. The number of piperidine rings is 1. The Morgan fingerprint density at radius 2 is 1.71 bits per heavy atom. The Kier molecular flexibility index (Phi) is 5.06. The summed E-state index contributed by atoms with van der Waals surface area (Å²) < 4.78 is 45.6. The van der Waals surface area contributed by atoms with Gasteiger partial charge < -0.3 is 14.3 Å². The van der Waals surface area contributed by atoms with Gasteiger partial charge in [-0.2, -0.15) is 0 Å². The SMILES string of the molecule is O=CCN1CCC(Oc2ccc(OC(F)(F)F)cc2)CC1. The number of rotatable bonds is 5. The summed E-state index contributed by atoms with van der Waals surface area (Å²) in [6, 6.07) is 5.37. The molecule has 0 aromatic heterocycles. The van der Waals surface area contributed by atoms with Crippen LogP contribution in [0.4, 0.5) is 13.2 Å². The predicted molar refractivity (Wildman–Crippen MR) is 69.3 cm³/mol. The molecule has 1 aliphatic rings. The molecule has 0 bridgehead atoms. The normalized spacial score (nSPS) is 17.5. The lowest BCUT2D eigenvalue weighted by molar-refractivity contribution is -0.274. The minimum Gasteiger partial charge on any atom is -0.490 e. The monoisotopic (exact) mass is 303 g/mol. The standard InChI is InChI=1S/C14H16F3NO3/c15-14(16,17)21-13-3-1-11(2-4-13)20-12-5-7-18(8-6-12)9-10-19/h1-4,10,12H,5-9H2. The minimum atomic E-state index is -4.69. The van der Waals surface area contributed by atoms with Gasteiger partial charge in [0.15, 0.2) is 0 Å². The van der Waals surface area contributed by atoms with Gasteiger partial charge in [0.1, 0.15) is 23.9 Å². The van der Waals surface area contributed by atoms with Gasteiger partial charge in [0, 0.05) is 13.1 Å². The van der Waals surface area contributed by atoms with Crippen LogP contribution in [0, 0.1) is 0 Å². The molecule has 0 amide bonds. The number of hydrogen-bond donors (Lipinski definition) is 0. The Morgan fingerprint density at radius 3 is 2.24 bits per heavy atom. The van der Waals surface area contributed by atoms with Gasteiger partial charge in [0.25, 0.3) is 0 Å². The maximum absolute atomic E-state index is 12.0. The van der Waals surface area contributed by atoms with Crippen molar-refractivity contribution in [1.82, 2.24) is 4.90 Å². The number of likely N-dealkylation sites (tertiary alicyclic amines) is 1. The van der Waals surface area contributed by atoms with E-state index in [2.05, 4.69) is 4.74 Å². The average molecular weight is 303 g/mol. The quantitative estimate of drug-likeness (QED) is 0.784. The van der Waals surface area contributed by atoms with E-state index < -0.39 is 6.36 Å². The van der Waals surface area contributed by atoms with Crippen LogP contribution in [0.3, 0.4) is 0 Å². The van der Waals surface area contributed by atoms with Crippen LogP contribution in [0.1, 0.15) is 12.8 Å². The summed E-state index contributed by atoms with van der Waals surface area (Å²) in [7, 11) is 0. The lowest BCUT2D eigenvalue weighted by Gasteiger charge is -2.30. The Balaban J connectivity index is 1.83. The minimum absolute atomic E-state index is 0.0160. The van der Waals surface area contributed by atoms with Crippen molar-refractivity contribution in [3.05, 3.63) is 24.3 Å². The fraction of sp³-hybridized carbons (Fsp3) is 0.500. The molecule has 0 unspecified atom stereocenters. The summed E-state index contributed by atoms with van der Waals surface area (Å²) in [5.41, 5.74) is 0. The molecule has 2 rings (SSSR count). The first-order valence-corrected chi connectivity index (χ1v) is 6.65. The molecule has 1 saturated heterocycles. The number of alkyl halides is 3. The molecule has 1 heterocycles. The summed E-state index contributed by atoms with van der Waals surface area (Å²) in [5, 5.41) is 0. The van der Waals surface area contributed by atoms with E-state index in [0.717, 1.165) is 32.2 Å². The highest BCUT2D eigenvalue weighted by Gasteiger charge is 2.31. The van der Waals surface area contributed by atoms with Crippen LogP contribution in [0.5, 0.6) is 11.5 Å². The van der Waals surface area contributed by atoms with Crippen LogP contribution in [0.25, 0.3) is 0 Å². The number of nitrogens with zero attached hydrogens (tertiary/aromatic N) is 1. The molecule has 21 heavy (non-hydrogen) atoms. The summed E-state index contributed by atoms with van der Waals surface area (Å²) in [5.74, 6) is 0.244. The topological polar surface area (TPSA) is 38.8 Å². The number of halogens is 3. The van der Waals surface area contributed by atoms with E-state index in [9.17, 15) is 18.0 Å². The zero-order valence-corrected chi connectivity index (χ0v) is 11.3. The molecule has 0 radical (unpaired) electrons. The molecule has 7 heteroatoms. The van der Waals surface area contributed by atoms with Gasteiger partial charge in [-0.15, -0.1) is 13.2 Å². The largest absolute Gasteiger partial charge is 0.573 e. The van der Waals surface area contributed by atoms with Gasteiger partial charge in [0.05, 0.1) is 6.54 Å². The van der Waals surface area contributed by atoms with Crippen molar-refractivity contribution >= 4 is 6.29 Å². The first-order valence-electron chi connectivity index (χ1n) is 6.65. The number of ether oxygens (including phenoxy) is 2. The molecule has 0 spiro atoms. The first kappa shape index (κ1) is 15.6. The molecule has 0 saturated carbocycles. The number of carbonyl (C=O) groups excluding carboxylic acids is 1. The van der Waals surface area contributed by atoms with E-state index in [1.807, 2.05) is 4.90 Å². The van der Waals surface area contributed by atoms with Crippen LogP contribution >= 0.6 is 0 Å². The maximum atomic E-state index is 12.0. The number of carbonyl (C=O) groups is 1. The van der Waals surface area contributed by atoms with Crippen LogP contribution in [0.2, 0.25) is 0 Å². The highest BCUT2D eigenvalue weighted by atomic mass is 19.4. The van der Waals surface area contributed by atoms with E-state index in [4.69, 9.17) is 4.74 Å². The lowest BCUT2D eigenvalue weighted by Crippen LogP contribution is -2.39. The predicted octanol–water partition coefficient (Wildman–Crippen LogP) is 2.63. The Hall–Kier alpha value is -1.76. The van der Waals surface area contributed by atoms with Crippen molar-refractivity contribution in [2.75, 3.05) is 19.6 Å². The Morgan fingerprint density at radius 1 is 1.14 bits per heavy atom. The van der Waals surface area contributed by atoms with Crippen molar-refractivity contribution in [2.45, 2.75) is 25.3 Å². The summed E-state index contributed by atoms with van der Waals surface area (Å²) in [4.78, 5) is 12.4. The molecule has 0 N–H and O–H groups in total. The third-order valence-electron chi connectivity index (χ3n) is 3.23. The first-order chi connectivity index (χ1) is 9.96. The molecular formula is C14H16F3NO3. The number of hydrogen-bond acceptors (Lipinski definition) is 4. The smallest absolute Gasteiger partial charge is 0.490 e. The van der Waals surface area contributed by atoms with Crippen molar-refractivity contribution in [3.8, 4) is 11.5 Å². The Labute approximate surface area is 120 Å². The van der Waals surface area contributed by atoms with Crippen LogP contribution in [-0.2, 0) is 4.79 Å². The molecule has 0 atom stereocenters. The molecule has 4 nitrogen and oxygen atoms in total. The average Bonchev–Trinajstić information content (AvgIpc) is 2.42. The number of benzene rings is 1. The fourth-order valence-electron chi connectivity index (χ4n) is 2.23. The van der Waals surface area contributed by atoms with Gasteiger partial charge in [-0.05, 0) is 37.1 Å². The lowest BCUT2D eigenvalue weighted by atomic mass is 10.1. The fourth-order valence-corrected chi connectivity index (χ4v) is 2.23. The van der Waals surface area contributed by atoms with Gasteiger partial charge in [-0.3, -0.25) is 4.90 Å². The molecule has 1 aliphatic heterocycles. The highest BCUT2D eigenvalue weighted by molar-refractivity contribution is 5.51. The van der Waals surface area contributed by atoms with E-state index in [1.165, 1.54) is 24.3 Å². The second-order valence-electron chi connectivity index (χ2n) is 4.80. The van der Waals surface area contributed by atoms with Crippen molar-refractivity contribution in [2.24, 2.45) is 0 Å². The molecule has 1 aromatic carbocycles. The molecular weight excluding hydrogens is 287 g/mol. The number of aldehydes is 1. The Bertz CT molecular complexity index is 454. The molecule has 0 aliphatic carbocycles. The van der Waals surface area contributed by atoms with E-state index >= 15 is 0 Å². The zero-order chi connectivity index (χ0) is 15.3. The van der Waals surface area contributed by atoms with Gasteiger partial charge in [-0.25, -0.2) is 0 Å². The van der Waals surface area contributed by atoms with Gasteiger partial charge in [-0.1, -0.05) is 0 Å². The van der Waals surface area contributed by atoms with Crippen LogP contribution in [0.15, 0.2) is 24.3 Å². The summed E-state index contributed by atoms with van der Waals surface area (Å²) >= 11 is 0. The molecule has 1 fully saturated rings. The van der Waals surface area contributed by atoms with Crippen molar-refractivity contribution in [3.63, 3.8) is 0 Å². The van der Waals surface area contributed by atoms with Crippen LogP contribution < -0.4 is 9.47 Å². The van der Waals surface area contributed by atoms with E-state index in [-0.39, 0.29) is 11.9 Å². The van der Waals surface area contributed by atoms with Crippen molar-refractivity contribution in [1.29, 1.82) is 0 Å². The van der Waals surface area contributed by atoms with Gasteiger partial charge in [0.2, 0.25) is 0 Å². The molecule has 1 aromatic rings. The second-order valence-corrected chi connectivity index (χ2v) is 4.80. The zero-order valence-electron chi connectivity index (χ0n) is 11.3. The molecule has 116 valence electrons. The highest BCUT2D eigenvalue weighted by Crippen LogP contribution is 2.26. The third kappa shape index (κ3) is 5.26. The summed E-state index contributed by atoms with van der Waals surface area (Å²) in [6.07, 6.45) is -2.22. The van der Waals surface area contributed by atoms with E-state index in [1.54, 1.807) is 0 Å². The summed E-state index contributed by atoms with van der Waals surface area (Å²) in [6.45, 7) is 1.98. The van der Waals surface area contributed by atoms with Crippen molar-refractivity contribution < 1.29 is 27.4 Å².